The number of thioether (sulfide) groups is 1. The van der Waals surface area contributed by atoms with Gasteiger partial charge in [0.25, 0.3) is 0 Å². The summed E-state index contributed by atoms with van der Waals surface area (Å²) in [6.07, 6.45) is 2.05. The molecule has 0 saturated heterocycles. The van der Waals surface area contributed by atoms with E-state index in [4.69, 9.17) is 9.84 Å². The zero-order valence-electron chi connectivity index (χ0n) is 12.9. The van der Waals surface area contributed by atoms with Crippen LogP contribution in [0.4, 0.5) is 0 Å². The molecule has 1 aromatic heterocycles. The van der Waals surface area contributed by atoms with Gasteiger partial charge in [-0.3, -0.25) is 0 Å². The summed E-state index contributed by atoms with van der Waals surface area (Å²) in [5.41, 5.74) is 2.20. The molecule has 0 amide bonds. The fraction of sp³-hybridized carbons (Fsp3) is 0.111. The largest absolute Gasteiger partial charge is 0.486 e. The predicted octanol–water partition coefficient (Wildman–Crippen LogP) is 4.81. The summed E-state index contributed by atoms with van der Waals surface area (Å²) < 4.78 is 5.65. The Morgan fingerprint density at radius 1 is 1.25 bits per heavy atom. The maximum Gasteiger partial charge on any atom is 0.335 e. The first-order chi connectivity index (χ1) is 11.7. The van der Waals surface area contributed by atoms with Gasteiger partial charge in [0, 0.05) is 15.8 Å². The molecule has 1 heterocycles. The second-order valence-electron chi connectivity index (χ2n) is 4.98. The van der Waals surface area contributed by atoms with Crippen molar-refractivity contribution in [3.63, 3.8) is 0 Å². The Morgan fingerprint density at radius 3 is 2.75 bits per heavy atom. The van der Waals surface area contributed by atoms with E-state index in [2.05, 4.69) is 29.2 Å². The molecule has 0 aliphatic rings. The van der Waals surface area contributed by atoms with Gasteiger partial charge in [-0.2, -0.15) is 0 Å². The Bertz CT molecular complexity index is 843. The second kappa shape index (κ2) is 7.51. The van der Waals surface area contributed by atoms with Gasteiger partial charge >= 0.3 is 5.97 Å². The Morgan fingerprint density at radius 2 is 2.04 bits per heavy atom. The molecule has 0 aliphatic heterocycles. The number of ether oxygens (including phenoxy) is 1. The van der Waals surface area contributed by atoms with Crippen LogP contribution in [-0.2, 0) is 6.61 Å². The second-order valence-corrected chi connectivity index (χ2v) is 6.80. The fourth-order valence-corrected chi connectivity index (χ4v) is 3.26. The van der Waals surface area contributed by atoms with Crippen molar-refractivity contribution in [3.8, 4) is 17.0 Å². The van der Waals surface area contributed by atoms with Crippen LogP contribution >= 0.6 is 23.1 Å². The van der Waals surface area contributed by atoms with Gasteiger partial charge in [-0.05, 0) is 36.6 Å². The van der Waals surface area contributed by atoms with Crippen molar-refractivity contribution < 1.29 is 14.6 Å². The molecule has 0 saturated carbocycles. The average molecular weight is 357 g/mol. The molecule has 1 N–H and O–H groups in total. The fourth-order valence-electron chi connectivity index (χ4n) is 2.14. The zero-order chi connectivity index (χ0) is 16.9. The minimum atomic E-state index is -0.967. The third-order valence-corrected chi connectivity index (χ3v) is 4.95. The SMILES string of the molecule is CSc1ccc(-c2csc(COc3cccc(C(=O)O)c3)n2)cc1. The van der Waals surface area contributed by atoms with Gasteiger partial charge in [0.15, 0.2) is 0 Å². The summed E-state index contributed by atoms with van der Waals surface area (Å²) in [6.45, 7) is 0.316. The van der Waals surface area contributed by atoms with Crippen molar-refractivity contribution >= 4 is 29.1 Å². The van der Waals surface area contributed by atoms with E-state index in [9.17, 15) is 4.79 Å². The molecule has 24 heavy (non-hydrogen) atoms. The maximum atomic E-state index is 11.0. The summed E-state index contributed by atoms with van der Waals surface area (Å²) in [6, 6.07) is 14.7. The van der Waals surface area contributed by atoms with Gasteiger partial charge in [-0.15, -0.1) is 23.1 Å². The van der Waals surface area contributed by atoms with Crippen molar-refractivity contribution in [2.75, 3.05) is 6.26 Å². The Balaban J connectivity index is 1.67. The summed E-state index contributed by atoms with van der Waals surface area (Å²) in [5, 5.41) is 11.8. The van der Waals surface area contributed by atoms with Crippen LogP contribution < -0.4 is 4.74 Å². The molecule has 0 spiro atoms. The molecule has 0 fully saturated rings. The van der Waals surface area contributed by atoms with Gasteiger partial charge in [0.05, 0.1) is 11.3 Å². The number of carboxylic acids is 1. The highest BCUT2D eigenvalue weighted by atomic mass is 32.2. The van der Waals surface area contributed by atoms with Gasteiger partial charge in [-0.25, -0.2) is 9.78 Å². The average Bonchev–Trinajstić information content (AvgIpc) is 3.09. The van der Waals surface area contributed by atoms with E-state index in [0.29, 0.717) is 12.4 Å². The first kappa shape index (κ1) is 16.5. The Labute approximate surface area is 148 Å². The van der Waals surface area contributed by atoms with E-state index < -0.39 is 5.97 Å². The third-order valence-electron chi connectivity index (χ3n) is 3.38. The van der Waals surface area contributed by atoms with Crippen LogP contribution in [0.15, 0.2) is 58.8 Å². The number of carbonyl (C=O) groups is 1. The number of hydrogen-bond acceptors (Lipinski definition) is 5. The normalized spacial score (nSPS) is 10.5. The van der Waals surface area contributed by atoms with Gasteiger partial charge in [0.1, 0.15) is 17.4 Å². The summed E-state index contributed by atoms with van der Waals surface area (Å²) in [4.78, 5) is 16.8. The highest BCUT2D eigenvalue weighted by Gasteiger charge is 2.07. The summed E-state index contributed by atoms with van der Waals surface area (Å²) >= 11 is 3.23. The number of aromatic nitrogens is 1. The number of benzene rings is 2. The minimum absolute atomic E-state index is 0.209. The van der Waals surface area contributed by atoms with Crippen LogP contribution in [0.2, 0.25) is 0 Å². The quantitative estimate of drug-likeness (QED) is 0.642. The summed E-state index contributed by atoms with van der Waals surface area (Å²) in [5.74, 6) is -0.443. The van der Waals surface area contributed by atoms with Crippen LogP contribution in [0.25, 0.3) is 11.3 Å². The number of nitrogens with zero attached hydrogens (tertiary/aromatic N) is 1. The lowest BCUT2D eigenvalue weighted by atomic mass is 10.2. The van der Waals surface area contributed by atoms with E-state index in [1.165, 1.54) is 28.4 Å². The number of carboxylic acid groups (broad SMARTS) is 1. The monoisotopic (exact) mass is 357 g/mol. The van der Waals surface area contributed by atoms with Gasteiger partial charge in [0.2, 0.25) is 0 Å². The standard InChI is InChI=1S/C18H15NO3S2/c1-23-15-7-5-12(6-8-15)16-11-24-17(19-16)10-22-14-4-2-3-13(9-14)18(20)21/h2-9,11H,10H2,1H3,(H,20,21). The first-order valence-corrected chi connectivity index (χ1v) is 9.31. The number of hydrogen-bond donors (Lipinski definition) is 1. The Kier molecular flexibility index (Phi) is 5.17. The molecule has 6 heteroatoms. The van der Waals surface area contributed by atoms with Crippen molar-refractivity contribution in [1.29, 1.82) is 0 Å². The van der Waals surface area contributed by atoms with Crippen molar-refractivity contribution in [2.24, 2.45) is 0 Å². The van der Waals surface area contributed by atoms with Gasteiger partial charge < -0.3 is 9.84 Å². The highest BCUT2D eigenvalue weighted by Crippen LogP contribution is 2.25. The molecule has 0 bridgehead atoms. The number of aromatic carboxylic acids is 1. The van der Waals surface area contributed by atoms with E-state index >= 15 is 0 Å². The molecule has 3 rings (SSSR count). The molecule has 122 valence electrons. The molecule has 0 aliphatic carbocycles. The molecule has 4 nitrogen and oxygen atoms in total. The first-order valence-electron chi connectivity index (χ1n) is 7.20. The lowest BCUT2D eigenvalue weighted by Gasteiger charge is -2.04. The topological polar surface area (TPSA) is 59.4 Å². The molecule has 0 unspecified atom stereocenters. The van der Waals surface area contributed by atoms with Crippen LogP contribution in [0, 0.1) is 0 Å². The number of rotatable bonds is 6. The van der Waals surface area contributed by atoms with Crippen LogP contribution in [0.5, 0.6) is 5.75 Å². The molecule has 3 aromatic rings. The highest BCUT2D eigenvalue weighted by molar-refractivity contribution is 7.98. The lowest BCUT2D eigenvalue weighted by Crippen LogP contribution is -1.99. The molecular weight excluding hydrogens is 342 g/mol. The Hall–Kier alpha value is -2.31. The minimum Gasteiger partial charge on any atom is -0.486 e. The van der Waals surface area contributed by atoms with Crippen LogP contribution in [0.3, 0.4) is 0 Å². The summed E-state index contributed by atoms with van der Waals surface area (Å²) in [7, 11) is 0. The number of thiazole rings is 1. The maximum absolute atomic E-state index is 11.0. The van der Waals surface area contributed by atoms with E-state index in [1.54, 1.807) is 23.9 Å². The smallest absolute Gasteiger partial charge is 0.335 e. The lowest BCUT2D eigenvalue weighted by molar-refractivity contribution is 0.0696. The van der Waals surface area contributed by atoms with Crippen LogP contribution in [-0.4, -0.2) is 22.3 Å². The van der Waals surface area contributed by atoms with Crippen molar-refractivity contribution in [2.45, 2.75) is 11.5 Å². The van der Waals surface area contributed by atoms with E-state index in [0.717, 1.165) is 16.3 Å². The zero-order valence-corrected chi connectivity index (χ0v) is 14.6. The van der Waals surface area contributed by atoms with Crippen molar-refractivity contribution in [1.82, 2.24) is 4.98 Å². The molecule has 2 aromatic carbocycles. The third kappa shape index (κ3) is 3.96. The molecule has 0 atom stereocenters. The van der Waals surface area contributed by atoms with E-state index in [1.807, 2.05) is 11.6 Å². The van der Waals surface area contributed by atoms with Crippen molar-refractivity contribution in [3.05, 3.63) is 64.5 Å². The predicted molar refractivity (Wildman–Crippen MR) is 97.1 cm³/mol. The van der Waals surface area contributed by atoms with E-state index in [-0.39, 0.29) is 5.56 Å². The molecule has 0 radical (unpaired) electrons. The molecular formula is C18H15NO3S2. The van der Waals surface area contributed by atoms with Crippen LogP contribution in [0.1, 0.15) is 15.4 Å². The van der Waals surface area contributed by atoms with Gasteiger partial charge in [-0.1, -0.05) is 18.2 Å².